The third kappa shape index (κ3) is 7.42. The van der Waals surface area contributed by atoms with Crippen LogP contribution in [0, 0.1) is 11.8 Å². The summed E-state index contributed by atoms with van der Waals surface area (Å²) in [5, 5.41) is 2.49. The fraction of sp³-hybridized carbons (Fsp3) is 0.438. The molecular formula is C16H17BrF3NO2. The number of halogens is 4. The highest BCUT2D eigenvalue weighted by atomic mass is 79.9. The number of carbonyl (C=O) groups excluding carboxylic acids is 1. The van der Waals surface area contributed by atoms with Crippen LogP contribution in [-0.4, -0.2) is 18.2 Å². The maximum Gasteiger partial charge on any atom is 0.417 e. The fourth-order valence-corrected chi connectivity index (χ4v) is 1.92. The Morgan fingerprint density at radius 1 is 1.30 bits per heavy atom. The molecule has 1 N–H and O–H groups in total. The molecule has 0 heterocycles. The predicted molar refractivity (Wildman–Crippen MR) is 84.9 cm³/mol. The zero-order valence-electron chi connectivity index (χ0n) is 13.0. The lowest BCUT2D eigenvalue weighted by atomic mass is 10.1. The molecule has 0 aliphatic carbocycles. The first-order valence-electron chi connectivity index (χ1n) is 6.81. The van der Waals surface area contributed by atoms with Gasteiger partial charge < -0.3 is 10.1 Å². The molecular weight excluding hydrogens is 375 g/mol. The molecule has 0 spiro atoms. The highest BCUT2D eigenvalue weighted by Gasteiger charge is 2.33. The summed E-state index contributed by atoms with van der Waals surface area (Å²) in [4.78, 5) is 11.4. The van der Waals surface area contributed by atoms with E-state index in [4.69, 9.17) is 4.74 Å². The SMILES string of the molecule is CC(C)(C)OC(=O)NCCC#Cc1ccc(Br)cc1C(F)(F)F. The standard InChI is InChI=1S/C16H17BrF3NO2/c1-15(2,3)23-14(22)21-9-5-4-6-11-7-8-12(17)10-13(11)16(18,19)20/h7-8,10H,5,9H2,1-3H3,(H,21,22). The maximum absolute atomic E-state index is 12.9. The predicted octanol–water partition coefficient (Wildman–Crippen LogP) is 4.73. The Hall–Kier alpha value is -1.68. The molecule has 0 saturated heterocycles. The average Bonchev–Trinajstić information content (AvgIpc) is 2.36. The summed E-state index contributed by atoms with van der Waals surface area (Å²) in [6.07, 6.45) is -4.84. The molecule has 1 aromatic carbocycles. The lowest BCUT2D eigenvalue weighted by molar-refractivity contribution is -0.137. The van der Waals surface area contributed by atoms with Crippen LogP contribution < -0.4 is 5.32 Å². The molecule has 0 bridgehead atoms. The number of alkyl halides is 3. The number of ether oxygens (including phenoxy) is 1. The molecule has 23 heavy (non-hydrogen) atoms. The minimum Gasteiger partial charge on any atom is -0.444 e. The topological polar surface area (TPSA) is 38.3 Å². The molecule has 0 aromatic heterocycles. The van der Waals surface area contributed by atoms with Crippen LogP contribution in [0.2, 0.25) is 0 Å². The molecule has 0 aliphatic rings. The van der Waals surface area contributed by atoms with Gasteiger partial charge in [0.05, 0.1) is 5.56 Å². The van der Waals surface area contributed by atoms with Gasteiger partial charge in [-0.05, 0) is 39.0 Å². The van der Waals surface area contributed by atoms with Crippen LogP contribution in [0.25, 0.3) is 0 Å². The van der Waals surface area contributed by atoms with E-state index >= 15 is 0 Å². The largest absolute Gasteiger partial charge is 0.444 e. The van der Waals surface area contributed by atoms with E-state index < -0.39 is 23.4 Å². The number of rotatable bonds is 2. The third-order valence-corrected chi connectivity index (χ3v) is 2.92. The molecule has 0 unspecified atom stereocenters. The van der Waals surface area contributed by atoms with Gasteiger partial charge in [0, 0.05) is 23.0 Å². The van der Waals surface area contributed by atoms with Gasteiger partial charge in [-0.3, -0.25) is 0 Å². The lowest BCUT2D eigenvalue weighted by Crippen LogP contribution is -2.32. The lowest BCUT2D eigenvalue weighted by Gasteiger charge is -2.19. The van der Waals surface area contributed by atoms with Crippen molar-refractivity contribution in [2.45, 2.75) is 39.0 Å². The summed E-state index contributed by atoms with van der Waals surface area (Å²) in [6, 6.07) is 3.79. The van der Waals surface area contributed by atoms with Crippen molar-refractivity contribution in [3.63, 3.8) is 0 Å². The Morgan fingerprint density at radius 2 is 1.96 bits per heavy atom. The summed E-state index contributed by atoms with van der Waals surface area (Å²) in [5.41, 5.74) is -1.49. The van der Waals surface area contributed by atoms with Crippen LogP contribution in [0.5, 0.6) is 0 Å². The maximum atomic E-state index is 12.9. The van der Waals surface area contributed by atoms with Gasteiger partial charge >= 0.3 is 12.3 Å². The van der Waals surface area contributed by atoms with Crippen molar-refractivity contribution in [1.29, 1.82) is 0 Å². The van der Waals surface area contributed by atoms with Crippen molar-refractivity contribution >= 4 is 22.0 Å². The monoisotopic (exact) mass is 391 g/mol. The van der Waals surface area contributed by atoms with Crippen molar-refractivity contribution in [3.05, 3.63) is 33.8 Å². The molecule has 1 rings (SSSR count). The fourth-order valence-electron chi connectivity index (χ4n) is 1.56. The van der Waals surface area contributed by atoms with Crippen LogP contribution in [0.15, 0.2) is 22.7 Å². The van der Waals surface area contributed by atoms with Crippen LogP contribution in [0.1, 0.15) is 38.3 Å². The zero-order chi connectivity index (χ0) is 17.7. The molecule has 0 radical (unpaired) electrons. The van der Waals surface area contributed by atoms with Crippen LogP contribution in [0.4, 0.5) is 18.0 Å². The normalized spacial score (nSPS) is 11.4. The highest BCUT2D eigenvalue weighted by molar-refractivity contribution is 9.10. The summed E-state index contributed by atoms with van der Waals surface area (Å²) >= 11 is 3.01. The Labute approximate surface area is 141 Å². The Balaban J connectivity index is 2.63. The minimum atomic E-state index is -4.47. The van der Waals surface area contributed by atoms with E-state index in [2.05, 4.69) is 33.1 Å². The van der Waals surface area contributed by atoms with Gasteiger partial charge in [-0.1, -0.05) is 27.8 Å². The second kappa shape index (κ2) is 7.73. The van der Waals surface area contributed by atoms with E-state index in [1.165, 1.54) is 12.1 Å². The van der Waals surface area contributed by atoms with Gasteiger partial charge in [0.15, 0.2) is 0 Å². The van der Waals surface area contributed by atoms with Crippen molar-refractivity contribution < 1.29 is 22.7 Å². The molecule has 0 aliphatic heterocycles. The van der Waals surface area contributed by atoms with E-state index in [1.807, 2.05) is 0 Å². The number of amides is 1. The second-order valence-electron chi connectivity index (χ2n) is 5.67. The van der Waals surface area contributed by atoms with E-state index in [9.17, 15) is 18.0 Å². The highest BCUT2D eigenvalue weighted by Crippen LogP contribution is 2.33. The first kappa shape index (κ1) is 19.4. The number of hydrogen-bond acceptors (Lipinski definition) is 2. The Morgan fingerprint density at radius 3 is 2.52 bits per heavy atom. The summed E-state index contributed by atoms with van der Waals surface area (Å²) in [5.74, 6) is 5.10. The minimum absolute atomic E-state index is 0.0991. The number of hydrogen-bond donors (Lipinski definition) is 1. The molecule has 0 saturated carbocycles. The Bertz CT molecular complexity index is 625. The van der Waals surface area contributed by atoms with E-state index in [0.717, 1.165) is 6.07 Å². The first-order chi connectivity index (χ1) is 10.5. The van der Waals surface area contributed by atoms with Crippen LogP contribution >= 0.6 is 15.9 Å². The first-order valence-corrected chi connectivity index (χ1v) is 7.61. The van der Waals surface area contributed by atoms with E-state index in [1.54, 1.807) is 20.8 Å². The molecule has 7 heteroatoms. The van der Waals surface area contributed by atoms with Gasteiger partial charge in [0.25, 0.3) is 0 Å². The average molecular weight is 392 g/mol. The second-order valence-corrected chi connectivity index (χ2v) is 6.58. The molecule has 3 nitrogen and oxygen atoms in total. The van der Waals surface area contributed by atoms with Crippen LogP contribution in [0.3, 0.4) is 0 Å². The van der Waals surface area contributed by atoms with Gasteiger partial charge in [0.2, 0.25) is 0 Å². The Kier molecular flexibility index (Phi) is 6.51. The zero-order valence-corrected chi connectivity index (χ0v) is 14.6. The van der Waals surface area contributed by atoms with E-state index in [-0.39, 0.29) is 18.5 Å². The quantitative estimate of drug-likeness (QED) is 0.584. The van der Waals surface area contributed by atoms with Gasteiger partial charge in [0.1, 0.15) is 5.60 Å². The molecule has 126 valence electrons. The number of carbonyl (C=O) groups is 1. The van der Waals surface area contributed by atoms with Gasteiger partial charge in [-0.25, -0.2) is 4.79 Å². The van der Waals surface area contributed by atoms with Crippen molar-refractivity contribution in [2.24, 2.45) is 0 Å². The third-order valence-electron chi connectivity index (χ3n) is 2.43. The molecule has 0 atom stereocenters. The number of alkyl carbamates (subject to hydrolysis) is 1. The van der Waals surface area contributed by atoms with E-state index in [0.29, 0.717) is 4.47 Å². The van der Waals surface area contributed by atoms with Gasteiger partial charge in [-0.15, -0.1) is 0 Å². The molecule has 1 aromatic rings. The summed E-state index contributed by atoms with van der Waals surface area (Å²) < 4.78 is 44.1. The van der Waals surface area contributed by atoms with Gasteiger partial charge in [-0.2, -0.15) is 13.2 Å². The molecule has 1 amide bonds. The smallest absolute Gasteiger partial charge is 0.417 e. The number of benzene rings is 1. The van der Waals surface area contributed by atoms with Crippen LogP contribution in [-0.2, 0) is 10.9 Å². The van der Waals surface area contributed by atoms with Crippen molar-refractivity contribution in [3.8, 4) is 11.8 Å². The number of nitrogens with one attached hydrogen (secondary N) is 1. The summed E-state index contributed by atoms with van der Waals surface area (Å²) in [7, 11) is 0. The molecule has 0 fully saturated rings. The van der Waals surface area contributed by atoms with Crippen molar-refractivity contribution in [2.75, 3.05) is 6.54 Å². The summed E-state index contributed by atoms with van der Waals surface area (Å²) in [6.45, 7) is 5.40. The van der Waals surface area contributed by atoms with Crippen molar-refractivity contribution in [1.82, 2.24) is 5.32 Å².